The molecule has 13 heavy (non-hydrogen) atoms. The van der Waals surface area contributed by atoms with Crippen LogP contribution >= 0.6 is 0 Å². The van der Waals surface area contributed by atoms with Gasteiger partial charge in [0.15, 0.2) is 0 Å². The van der Waals surface area contributed by atoms with Crippen LogP contribution in [0.5, 0.6) is 0 Å². The van der Waals surface area contributed by atoms with Crippen molar-refractivity contribution in [3.05, 3.63) is 39.4 Å². The zero-order valence-electron chi connectivity index (χ0n) is 6.52. The highest BCUT2D eigenvalue weighted by Crippen LogP contribution is 2.24. The van der Waals surface area contributed by atoms with Crippen molar-refractivity contribution < 1.29 is 14.5 Å². The zero-order chi connectivity index (χ0) is 9.42. The second-order valence-electron chi connectivity index (χ2n) is 2.67. The lowest BCUT2D eigenvalue weighted by Crippen LogP contribution is -1.94. The minimum Gasteiger partial charge on any atom is -0.457 e. The van der Waals surface area contributed by atoms with Crippen molar-refractivity contribution >= 4 is 11.7 Å². The molecule has 1 aromatic rings. The maximum atomic E-state index is 11.0. The number of carbonyl (C=O) groups excluding carboxylic acids is 1. The highest BCUT2D eigenvalue weighted by Gasteiger charge is 2.23. The molecule has 0 saturated carbocycles. The van der Waals surface area contributed by atoms with Crippen molar-refractivity contribution in [1.82, 2.24) is 0 Å². The summed E-state index contributed by atoms with van der Waals surface area (Å²) < 4.78 is 4.70. The number of hydrogen-bond acceptors (Lipinski definition) is 4. The molecule has 0 radical (unpaired) electrons. The Hall–Kier alpha value is -1.91. The first-order chi connectivity index (χ1) is 6.18. The monoisotopic (exact) mass is 179 g/mol. The van der Waals surface area contributed by atoms with Crippen LogP contribution in [0.4, 0.5) is 5.69 Å². The van der Waals surface area contributed by atoms with Gasteiger partial charge in [0.1, 0.15) is 6.61 Å². The molecule has 5 nitrogen and oxygen atoms in total. The van der Waals surface area contributed by atoms with Crippen LogP contribution in [0.2, 0.25) is 0 Å². The number of fused-ring (bicyclic) bond motifs is 1. The van der Waals surface area contributed by atoms with Gasteiger partial charge in [-0.05, 0) is 6.07 Å². The summed E-state index contributed by atoms with van der Waals surface area (Å²) in [5.41, 5.74) is 0.988. The van der Waals surface area contributed by atoms with Crippen LogP contribution in [0.15, 0.2) is 18.2 Å². The number of rotatable bonds is 1. The molecule has 0 atom stereocenters. The van der Waals surface area contributed by atoms with E-state index in [1.807, 2.05) is 0 Å². The van der Waals surface area contributed by atoms with Crippen LogP contribution in [0.25, 0.3) is 0 Å². The quantitative estimate of drug-likeness (QED) is 0.369. The summed E-state index contributed by atoms with van der Waals surface area (Å²) in [5, 5.41) is 10.4. The van der Waals surface area contributed by atoms with Gasteiger partial charge >= 0.3 is 5.97 Å². The lowest BCUT2D eigenvalue weighted by Gasteiger charge is -1.93. The van der Waals surface area contributed by atoms with E-state index in [2.05, 4.69) is 0 Å². The molecule has 0 aliphatic carbocycles. The standard InChI is InChI=1S/C8H5NO4/c10-8-7-2-1-6(9(11)12)3-5(7)4-13-8/h1-3H,4H2. The number of ether oxygens (including phenoxy) is 1. The average molecular weight is 179 g/mol. The molecule has 0 saturated heterocycles. The first-order valence-electron chi connectivity index (χ1n) is 3.63. The molecule has 0 fully saturated rings. The Kier molecular flexibility index (Phi) is 1.51. The lowest BCUT2D eigenvalue weighted by molar-refractivity contribution is -0.384. The summed E-state index contributed by atoms with van der Waals surface area (Å²) in [4.78, 5) is 20.8. The van der Waals surface area contributed by atoms with E-state index < -0.39 is 10.9 Å². The van der Waals surface area contributed by atoms with Crippen molar-refractivity contribution in [3.63, 3.8) is 0 Å². The minimum absolute atomic E-state index is 0.0166. The number of non-ortho nitro benzene ring substituents is 1. The molecule has 1 heterocycles. The van der Waals surface area contributed by atoms with Gasteiger partial charge in [-0.2, -0.15) is 0 Å². The van der Waals surface area contributed by atoms with Gasteiger partial charge in [-0.25, -0.2) is 4.79 Å². The molecular formula is C8H5NO4. The second-order valence-corrected chi connectivity index (χ2v) is 2.67. The van der Waals surface area contributed by atoms with E-state index in [-0.39, 0.29) is 12.3 Å². The van der Waals surface area contributed by atoms with Crippen molar-refractivity contribution in [1.29, 1.82) is 0 Å². The largest absolute Gasteiger partial charge is 0.457 e. The van der Waals surface area contributed by atoms with Gasteiger partial charge in [0.05, 0.1) is 10.5 Å². The number of nitro groups is 1. The Balaban J connectivity index is 2.51. The predicted molar refractivity (Wildman–Crippen MR) is 42.2 cm³/mol. The third-order valence-electron chi connectivity index (χ3n) is 1.88. The van der Waals surface area contributed by atoms with Gasteiger partial charge in [0.25, 0.3) is 5.69 Å². The van der Waals surface area contributed by atoms with Gasteiger partial charge in [-0.1, -0.05) is 0 Å². The topological polar surface area (TPSA) is 69.4 Å². The Morgan fingerprint density at radius 2 is 2.23 bits per heavy atom. The van der Waals surface area contributed by atoms with Crippen molar-refractivity contribution in [2.24, 2.45) is 0 Å². The summed E-state index contributed by atoms with van der Waals surface area (Å²) in [6.07, 6.45) is 0. The van der Waals surface area contributed by atoms with Crippen LogP contribution in [-0.4, -0.2) is 10.9 Å². The maximum Gasteiger partial charge on any atom is 0.338 e. The lowest BCUT2D eigenvalue weighted by atomic mass is 10.1. The van der Waals surface area contributed by atoms with Gasteiger partial charge in [0, 0.05) is 17.7 Å². The Morgan fingerprint density at radius 3 is 2.92 bits per heavy atom. The number of benzene rings is 1. The van der Waals surface area contributed by atoms with Crippen LogP contribution in [0.1, 0.15) is 15.9 Å². The van der Waals surface area contributed by atoms with Gasteiger partial charge in [-0.3, -0.25) is 10.1 Å². The molecule has 66 valence electrons. The first-order valence-corrected chi connectivity index (χ1v) is 3.63. The predicted octanol–water partition coefficient (Wildman–Crippen LogP) is 1.27. The first kappa shape index (κ1) is 7.72. The fraction of sp³-hybridized carbons (Fsp3) is 0.125. The molecule has 1 aromatic carbocycles. The molecule has 0 unspecified atom stereocenters. The highest BCUT2D eigenvalue weighted by molar-refractivity contribution is 5.93. The zero-order valence-corrected chi connectivity index (χ0v) is 6.52. The highest BCUT2D eigenvalue weighted by atomic mass is 16.6. The van der Waals surface area contributed by atoms with Gasteiger partial charge in [0.2, 0.25) is 0 Å². The van der Waals surface area contributed by atoms with Crippen molar-refractivity contribution in [3.8, 4) is 0 Å². The smallest absolute Gasteiger partial charge is 0.338 e. The van der Waals surface area contributed by atoms with E-state index in [0.717, 1.165) is 0 Å². The van der Waals surface area contributed by atoms with Gasteiger partial charge < -0.3 is 4.74 Å². The Morgan fingerprint density at radius 1 is 1.46 bits per heavy atom. The molecule has 0 aromatic heterocycles. The molecule has 0 N–H and O–H groups in total. The maximum absolute atomic E-state index is 11.0. The molecule has 5 heteroatoms. The van der Waals surface area contributed by atoms with E-state index >= 15 is 0 Å². The summed E-state index contributed by atoms with van der Waals surface area (Å²) in [7, 11) is 0. The van der Waals surface area contributed by atoms with E-state index in [9.17, 15) is 14.9 Å². The summed E-state index contributed by atoms with van der Waals surface area (Å²) in [5.74, 6) is -0.412. The van der Waals surface area contributed by atoms with E-state index in [4.69, 9.17) is 4.74 Å². The molecule has 1 aliphatic heterocycles. The summed E-state index contributed by atoms with van der Waals surface area (Å²) >= 11 is 0. The van der Waals surface area contributed by atoms with Crippen LogP contribution < -0.4 is 0 Å². The molecule has 1 aliphatic rings. The SMILES string of the molecule is O=C1OCc2cc([N+](=O)[O-])ccc21. The number of esters is 1. The molecule has 0 spiro atoms. The van der Waals surface area contributed by atoms with Crippen LogP contribution in [0.3, 0.4) is 0 Å². The number of nitro benzene ring substituents is 1. The summed E-state index contributed by atoms with van der Waals surface area (Å²) in [6.45, 7) is 0.135. The van der Waals surface area contributed by atoms with Crippen LogP contribution in [-0.2, 0) is 11.3 Å². The molecule has 0 bridgehead atoms. The number of nitrogens with zero attached hydrogens (tertiary/aromatic N) is 1. The molecule has 0 amide bonds. The fourth-order valence-corrected chi connectivity index (χ4v) is 1.23. The number of cyclic esters (lactones) is 1. The Labute approximate surface area is 73.1 Å². The Bertz CT molecular complexity index is 399. The van der Waals surface area contributed by atoms with Gasteiger partial charge in [-0.15, -0.1) is 0 Å². The van der Waals surface area contributed by atoms with E-state index in [1.165, 1.54) is 18.2 Å². The number of hydrogen-bond donors (Lipinski definition) is 0. The average Bonchev–Trinajstić information content (AvgIpc) is 2.47. The fourth-order valence-electron chi connectivity index (χ4n) is 1.23. The third kappa shape index (κ3) is 1.14. The molecular weight excluding hydrogens is 174 g/mol. The number of carbonyl (C=O) groups is 1. The van der Waals surface area contributed by atoms with E-state index in [0.29, 0.717) is 11.1 Å². The second kappa shape index (κ2) is 2.55. The van der Waals surface area contributed by atoms with E-state index in [1.54, 1.807) is 0 Å². The van der Waals surface area contributed by atoms with Crippen molar-refractivity contribution in [2.45, 2.75) is 6.61 Å². The normalized spacial score (nSPS) is 13.7. The molecule has 2 rings (SSSR count). The van der Waals surface area contributed by atoms with Crippen LogP contribution in [0, 0.1) is 10.1 Å². The summed E-state index contributed by atoms with van der Waals surface area (Å²) in [6, 6.07) is 4.08. The van der Waals surface area contributed by atoms with Crippen molar-refractivity contribution in [2.75, 3.05) is 0 Å². The minimum atomic E-state index is -0.497. The third-order valence-corrected chi connectivity index (χ3v) is 1.88.